The van der Waals surface area contributed by atoms with Gasteiger partial charge in [-0.05, 0) is 31.0 Å². The molecule has 4 rings (SSSR count). The summed E-state index contributed by atoms with van der Waals surface area (Å²) in [6.07, 6.45) is 4.55. The minimum absolute atomic E-state index is 0.0221. The van der Waals surface area contributed by atoms with Gasteiger partial charge < -0.3 is 19.6 Å². The van der Waals surface area contributed by atoms with Gasteiger partial charge in [0.15, 0.2) is 5.82 Å². The number of H-pyrrole nitrogens is 1. The third-order valence-corrected chi connectivity index (χ3v) is 3.75. The molecule has 0 unspecified atom stereocenters. The lowest BCUT2D eigenvalue weighted by atomic mass is 10.2. The van der Waals surface area contributed by atoms with Crippen molar-refractivity contribution in [2.45, 2.75) is 25.4 Å². The molecule has 114 valence electrons. The van der Waals surface area contributed by atoms with Gasteiger partial charge in [0.1, 0.15) is 17.6 Å². The van der Waals surface area contributed by atoms with Crippen molar-refractivity contribution in [3.05, 3.63) is 36.1 Å². The first kappa shape index (κ1) is 13.3. The second kappa shape index (κ2) is 5.76. The van der Waals surface area contributed by atoms with Gasteiger partial charge in [-0.1, -0.05) is 5.16 Å². The number of anilines is 1. The second-order valence-electron chi connectivity index (χ2n) is 5.34. The summed E-state index contributed by atoms with van der Waals surface area (Å²) in [7, 11) is 0. The summed E-state index contributed by atoms with van der Waals surface area (Å²) in [6.45, 7) is 1.47. The Kier molecular flexibility index (Phi) is 3.48. The normalized spacial score (nSPS) is 18.1. The molecule has 4 heterocycles. The highest BCUT2D eigenvalue weighted by atomic mass is 16.5. The average Bonchev–Trinajstić information content (AvgIpc) is 3.28. The van der Waals surface area contributed by atoms with Crippen molar-refractivity contribution >= 4 is 16.9 Å². The van der Waals surface area contributed by atoms with E-state index in [-0.39, 0.29) is 6.10 Å². The van der Waals surface area contributed by atoms with Crippen molar-refractivity contribution in [2.24, 2.45) is 0 Å². The SMILES string of the molecule is c1cc2ccc(NCCc3noc([C@@H]4CCCO4)n3)nc2[nH]1. The Balaban J connectivity index is 1.34. The lowest BCUT2D eigenvalue weighted by molar-refractivity contribution is 0.0835. The molecule has 0 aliphatic carbocycles. The zero-order valence-electron chi connectivity index (χ0n) is 12.1. The van der Waals surface area contributed by atoms with Crippen molar-refractivity contribution in [3.8, 4) is 0 Å². The van der Waals surface area contributed by atoms with E-state index in [0.29, 0.717) is 24.7 Å². The van der Waals surface area contributed by atoms with Crippen LogP contribution in [-0.2, 0) is 11.2 Å². The molecule has 3 aromatic heterocycles. The summed E-state index contributed by atoms with van der Waals surface area (Å²) >= 11 is 0. The van der Waals surface area contributed by atoms with E-state index in [9.17, 15) is 0 Å². The number of hydrogen-bond donors (Lipinski definition) is 2. The number of ether oxygens (including phenoxy) is 1. The topological polar surface area (TPSA) is 88.9 Å². The number of nitrogens with zero attached hydrogens (tertiary/aromatic N) is 3. The van der Waals surface area contributed by atoms with Crippen LogP contribution in [0, 0.1) is 0 Å². The zero-order valence-corrected chi connectivity index (χ0v) is 12.1. The van der Waals surface area contributed by atoms with E-state index in [1.54, 1.807) is 0 Å². The maximum absolute atomic E-state index is 5.53. The van der Waals surface area contributed by atoms with E-state index in [4.69, 9.17) is 9.26 Å². The Morgan fingerprint density at radius 2 is 2.27 bits per heavy atom. The minimum atomic E-state index is -0.0221. The molecule has 0 aromatic carbocycles. The van der Waals surface area contributed by atoms with Crippen LogP contribution in [0.15, 0.2) is 28.9 Å². The van der Waals surface area contributed by atoms with Crippen LogP contribution in [0.5, 0.6) is 0 Å². The fraction of sp³-hybridized carbons (Fsp3) is 0.400. The fourth-order valence-electron chi connectivity index (χ4n) is 2.60. The van der Waals surface area contributed by atoms with Gasteiger partial charge in [-0.3, -0.25) is 0 Å². The van der Waals surface area contributed by atoms with Crippen molar-refractivity contribution in [3.63, 3.8) is 0 Å². The summed E-state index contributed by atoms with van der Waals surface area (Å²) in [4.78, 5) is 12.0. The number of fused-ring (bicyclic) bond motifs is 1. The third-order valence-electron chi connectivity index (χ3n) is 3.75. The Morgan fingerprint density at radius 1 is 1.27 bits per heavy atom. The average molecular weight is 299 g/mol. The fourth-order valence-corrected chi connectivity index (χ4v) is 2.60. The van der Waals surface area contributed by atoms with Gasteiger partial charge in [0.25, 0.3) is 5.89 Å². The molecule has 1 aliphatic heterocycles. The lowest BCUT2D eigenvalue weighted by Gasteiger charge is -2.03. The molecule has 7 heteroatoms. The van der Waals surface area contributed by atoms with Gasteiger partial charge in [-0.25, -0.2) is 4.98 Å². The Bertz CT molecular complexity index is 760. The van der Waals surface area contributed by atoms with Crippen LogP contribution in [0.1, 0.15) is 30.7 Å². The summed E-state index contributed by atoms with van der Waals surface area (Å²) < 4.78 is 10.8. The van der Waals surface area contributed by atoms with E-state index in [1.807, 2.05) is 24.4 Å². The number of aromatic nitrogens is 4. The van der Waals surface area contributed by atoms with E-state index in [1.165, 1.54) is 0 Å². The molecule has 7 nitrogen and oxygen atoms in total. The van der Waals surface area contributed by atoms with Gasteiger partial charge in [-0.2, -0.15) is 4.98 Å². The van der Waals surface area contributed by atoms with Crippen LogP contribution in [0.2, 0.25) is 0 Å². The second-order valence-corrected chi connectivity index (χ2v) is 5.34. The van der Waals surface area contributed by atoms with Gasteiger partial charge >= 0.3 is 0 Å². The number of pyridine rings is 1. The predicted octanol–water partition coefficient (Wildman–Crippen LogP) is 2.45. The smallest absolute Gasteiger partial charge is 0.255 e. The van der Waals surface area contributed by atoms with Crippen LogP contribution in [-0.4, -0.2) is 33.3 Å². The summed E-state index contributed by atoms with van der Waals surface area (Å²) in [5.41, 5.74) is 0.880. The Labute approximate surface area is 127 Å². The van der Waals surface area contributed by atoms with Crippen molar-refractivity contribution in [1.82, 2.24) is 20.1 Å². The molecule has 3 aromatic rings. The molecule has 1 fully saturated rings. The van der Waals surface area contributed by atoms with Crippen LogP contribution in [0.4, 0.5) is 5.82 Å². The number of nitrogens with one attached hydrogen (secondary N) is 2. The minimum Gasteiger partial charge on any atom is -0.370 e. The highest BCUT2D eigenvalue weighted by Gasteiger charge is 2.23. The molecular weight excluding hydrogens is 282 g/mol. The lowest BCUT2D eigenvalue weighted by Crippen LogP contribution is -2.07. The maximum atomic E-state index is 5.53. The first-order valence-corrected chi connectivity index (χ1v) is 7.50. The van der Waals surface area contributed by atoms with Crippen LogP contribution < -0.4 is 5.32 Å². The third kappa shape index (κ3) is 2.67. The number of hydrogen-bond acceptors (Lipinski definition) is 6. The predicted molar refractivity (Wildman–Crippen MR) is 80.5 cm³/mol. The highest BCUT2D eigenvalue weighted by Crippen LogP contribution is 2.26. The number of rotatable bonds is 5. The van der Waals surface area contributed by atoms with Gasteiger partial charge in [0.05, 0.1) is 0 Å². The molecule has 0 radical (unpaired) electrons. The molecule has 1 atom stereocenters. The highest BCUT2D eigenvalue weighted by molar-refractivity contribution is 5.77. The quantitative estimate of drug-likeness (QED) is 0.752. The van der Waals surface area contributed by atoms with E-state index >= 15 is 0 Å². The zero-order chi connectivity index (χ0) is 14.8. The standard InChI is InChI=1S/C15H17N5O2/c1-2-11(21-9-1)15-19-13(20-22-15)6-8-16-12-4-3-10-5-7-17-14(10)18-12/h3-5,7,11H,1-2,6,8-9H2,(H2,16,17,18)/t11-/m0/s1. The van der Waals surface area contributed by atoms with Crippen molar-refractivity contribution in [2.75, 3.05) is 18.5 Å². The molecule has 0 amide bonds. The molecule has 0 spiro atoms. The van der Waals surface area contributed by atoms with Gasteiger partial charge in [0.2, 0.25) is 0 Å². The van der Waals surface area contributed by atoms with Crippen LogP contribution in [0.25, 0.3) is 11.0 Å². The van der Waals surface area contributed by atoms with Crippen LogP contribution in [0.3, 0.4) is 0 Å². The molecule has 0 saturated carbocycles. The van der Waals surface area contributed by atoms with Gasteiger partial charge in [-0.15, -0.1) is 0 Å². The Hall–Kier alpha value is -2.41. The van der Waals surface area contributed by atoms with Crippen molar-refractivity contribution < 1.29 is 9.26 Å². The first-order chi connectivity index (χ1) is 10.9. The first-order valence-electron chi connectivity index (χ1n) is 7.50. The molecule has 0 bridgehead atoms. The van der Waals surface area contributed by atoms with Crippen LogP contribution >= 0.6 is 0 Å². The van der Waals surface area contributed by atoms with Gasteiger partial charge in [0, 0.05) is 31.2 Å². The molecule has 1 aliphatic rings. The van der Waals surface area contributed by atoms with E-state index in [0.717, 1.165) is 36.3 Å². The maximum Gasteiger partial charge on any atom is 0.255 e. The number of aromatic amines is 1. The largest absolute Gasteiger partial charge is 0.370 e. The summed E-state index contributed by atoms with van der Waals surface area (Å²) in [5.74, 6) is 2.12. The molecule has 2 N–H and O–H groups in total. The molecule has 1 saturated heterocycles. The van der Waals surface area contributed by atoms with E-state index in [2.05, 4.69) is 25.4 Å². The Morgan fingerprint density at radius 3 is 3.18 bits per heavy atom. The monoisotopic (exact) mass is 299 g/mol. The molecular formula is C15H17N5O2. The summed E-state index contributed by atoms with van der Waals surface area (Å²) in [6, 6.07) is 5.99. The van der Waals surface area contributed by atoms with Crippen molar-refractivity contribution in [1.29, 1.82) is 0 Å². The van der Waals surface area contributed by atoms with E-state index < -0.39 is 0 Å². The summed E-state index contributed by atoms with van der Waals surface area (Å²) in [5, 5.41) is 8.37. The molecule has 22 heavy (non-hydrogen) atoms.